The Morgan fingerprint density at radius 3 is 2.69 bits per heavy atom. The van der Waals surface area contributed by atoms with Crippen LogP contribution in [-0.4, -0.2) is 18.2 Å². The van der Waals surface area contributed by atoms with Gasteiger partial charge in [0, 0.05) is 5.56 Å². The summed E-state index contributed by atoms with van der Waals surface area (Å²) in [6.45, 7) is 3.63. The van der Waals surface area contributed by atoms with Crippen LogP contribution >= 0.6 is 0 Å². The molecule has 0 amide bonds. The van der Waals surface area contributed by atoms with Gasteiger partial charge in [-0.05, 0) is 5.56 Å². The summed E-state index contributed by atoms with van der Waals surface area (Å²) in [5, 5.41) is 9.64. The minimum Gasteiger partial charge on any atom is -0.466 e. The number of hydrogen-bond donors (Lipinski definition) is 1. The number of hydrogen-bond acceptors (Lipinski definition) is 4. The number of aliphatic hydroxyl groups excluding tert-OH is 1. The molecule has 16 heavy (non-hydrogen) atoms. The van der Waals surface area contributed by atoms with Crippen molar-refractivity contribution in [3.05, 3.63) is 47.5 Å². The van der Waals surface area contributed by atoms with Crippen molar-refractivity contribution >= 4 is 5.97 Å². The fourth-order valence-corrected chi connectivity index (χ4v) is 1.76. The summed E-state index contributed by atoms with van der Waals surface area (Å²) in [6.07, 6.45) is -1.64. The molecule has 2 atom stereocenters. The predicted molar refractivity (Wildman–Crippen MR) is 56.4 cm³/mol. The van der Waals surface area contributed by atoms with Crippen molar-refractivity contribution in [1.29, 1.82) is 0 Å². The van der Waals surface area contributed by atoms with Gasteiger partial charge < -0.3 is 14.6 Å². The average molecular weight is 220 g/mol. The highest BCUT2D eigenvalue weighted by molar-refractivity contribution is 5.89. The Morgan fingerprint density at radius 2 is 2.06 bits per heavy atom. The second-order valence-electron chi connectivity index (χ2n) is 3.51. The first-order chi connectivity index (χ1) is 7.65. The molecule has 1 aliphatic rings. The fraction of sp³-hybridized carbons (Fsp3) is 0.250. The molecule has 84 valence electrons. The molecule has 1 aliphatic heterocycles. The van der Waals surface area contributed by atoms with Gasteiger partial charge in [-0.15, -0.1) is 0 Å². The summed E-state index contributed by atoms with van der Waals surface area (Å²) >= 11 is 0. The zero-order valence-corrected chi connectivity index (χ0v) is 8.84. The molecule has 2 unspecified atom stereocenters. The van der Waals surface area contributed by atoms with Gasteiger partial charge >= 0.3 is 5.97 Å². The van der Waals surface area contributed by atoms with E-state index in [0.717, 1.165) is 5.56 Å². The van der Waals surface area contributed by atoms with Gasteiger partial charge in [0.25, 0.3) is 0 Å². The maximum absolute atomic E-state index is 11.3. The summed E-state index contributed by atoms with van der Waals surface area (Å²) in [5.41, 5.74) is 1.61. The lowest BCUT2D eigenvalue weighted by atomic mass is 10.0. The second-order valence-corrected chi connectivity index (χ2v) is 3.51. The minimum absolute atomic E-state index is 0.187. The third kappa shape index (κ3) is 1.62. The number of benzene rings is 1. The number of methoxy groups -OCH3 is 1. The molecule has 0 radical (unpaired) electrons. The highest BCUT2D eigenvalue weighted by Crippen LogP contribution is 2.40. The zero-order chi connectivity index (χ0) is 11.7. The van der Waals surface area contributed by atoms with E-state index in [9.17, 15) is 9.90 Å². The number of aliphatic hydroxyl groups is 1. The number of fused-ring (bicyclic) bond motifs is 1. The van der Waals surface area contributed by atoms with E-state index in [4.69, 9.17) is 4.74 Å². The molecule has 0 fully saturated rings. The molecule has 2 rings (SSSR count). The summed E-state index contributed by atoms with van der Waals surface area (Å²) in [6, 6.07) is 7.17. The van der Waals surface area contributed by atoms with Crippen LogP contribution in [0, 0.1) is 0 Å². The van der Waals surface area contributed by atoms with Crippen molar-refractivity contribution in [1.82, 2.24) is 0 Å². The molecule has 0 aliphatic carbocycles. The van der Waals surface area contributed by atoms with Gasteiger partial charge in [-0.2, -0.15) is 0 Å². The Hall–Kier alpha value is -1.65. The van der Waals surface area contributed by atoms with E-state index in [1.54, 1.807) is 18.2 Å². The first-order valence-electron chi connectivity index (χ1n) is 4.84. The lowest BCUT2D eigenvalue weighted by molar-refractivity contribution is -0.142. The van der Waals surface area contributed by atoms with Crippen LogP contribution in [0.4, 0.5) is 0 Å². The van der Waals surface area contributed by atoms with Crippen LogP contribution in [0.25, 0.3) is 0 Å². The maximum Gasteiger partial charge on any atom is 0.336 e. The number of rotatable bonds is 2. The largest absolute Gasteiger partial charge is 0.466 e. The van der Waals surface area contributed by atoms with Gasteiger partial charge in [0.1, 0.15) is 6.10 Å². The molecule has 0 spiro atoms. The van der Waals surface area contributed by atoms with Gasteiger partial charge in [-0.25, -0.2) is 4.79 Å². The predicted octanol–water partition coefficient (Wildman–Crippen LogP) is 1.48. The molecule has 4 heteroatoms. The monoisotopic (exact) mass is 220 g/mol. The third-order valence-electron chi connectivity index (χ3n) is 2.57. The van der Waals surface area contributed by atoms with E-state index < -0.39 is 18.4 Å². The summed E-state index contributed by atoms with van der Waals surface area (Å²) < 4.78 is 9.85. The van der Waals surface area contributed by atoms with Crippen LogP contribution in [0.1, 0.15) is 23.5 Å². The van der Waals surface area contributed by atoms with E-state index in [1.807, 2.05) is 6.07 Å². The van der Waals surface area contributed by atoms with Crippen molar-refractivity contribution in [2.45, 2.75) is 12.4 Å². The third-order valence-corrected chi connectivity index (χ3v) is 2.57. The molecule has 4 nitrogen and oxygen atoms in total. The quantitative estimate of drug-likeness (QED) is 0.605. The number of esters is 1. The normalized spacial score (nSPS) is 22.6. The van der Waals surface area contributed by atoms with Crippen LogP contribution in [0.3, 0.4) is 0 Å². The molecule has 0 saturated carbocycles. The van der Waals surface area contributed by atoms with E-state index in [0.29, 0.717) is 5.56 Å². The minimum atomic E-state index is -1.01. The SMILES string of the molecule is C=C(C(=O)OC)C1OC(O)c2ccccc21. The summed E-state index contributed by atoms with van der Waals surface area (Å²) in [4.78, 5) is 11.3. The van der Waals surface area contributed by atoms with Gasteiger partial charge in [0.05, 0.1) is 12.7 Å². The molecule has 0 bridgehead atoms. The average Bonchev–Trinajstić information content (AvgIpc) is 2.65. The molecular weight excluding hydrogens is 208 g/mol. The number of carbonyl (C=O) groups excluding carboxylic acids is 1. The lowest BCUT2D eigenvalue weighted by Crippen LogP contribution is -2.12. The topological polar surface area (TPSA) is 55.8 Å². The van der Waals surface area contributed by atoms with Crippen molar-refractivity contribution in [2.24, 2.45) is 0 Å². The first kappa shape index (κ1) is 10.9. The number of carbonyl (C=O) groups is 1. The van der Waals surface area contributed by atoms with Crippen LogP contribution in [0.5, 0.6) is 0 Å². The molecule has 0 saturated heterocycles. The van der Waals surface area contributed by atoms with Crippen molar-refractivity contribution in [3.63, 3.8) is 0 Å². The first-order valence-corrected chi connectivity index (χ1v) is 4.84. The molecule has 1 aromatic rings. The Balaban J connectivity index is 2.34. The number of ether oxygens (including phenoxy) is 2. The van der Waals surface area contributed by atoms with Crippen molar-refractivity contribution in [3.8, 4) is 0 Å². The zero-order valence-electron chi connectivity index (χ0n) is 8.84. The molecule has 1 aromatic carbocycles. The van der Waals surface area contributed by atoms with Gasteiger partial charge in [-0.3, -0.25) is 0 Å². The van der Waals surface area contributed by atoms with Crippen LogP contribution in [0.15, 0.2) is 36.4 Å². The lowest BCUT2D eigenvalue weighted by Gasteiger charge is -2.12. The standard InChI is InChI=1S/C12H12O4/c1-7(11(13)15-2)10-8-5-3-4-6-9(8)12(14)16-10/h3-6,10,12,14H,1H2,2H3. The van der Waals surface area contributed by atoms with Crippen LogP contribution < -0.4 is 0 Å². The smallest absolute Gasteiger partial charge is 0.336 e. The second kappa shape index (κ2) is 4.08. The fourth-order valence-electron chi connectivity index (χ4n) is 1.76. The van der Waals surface area contributed by atoms with Gasteiger partial charge in [0.15, 0.2) is 6.29 Å². The van der Waals surface area contributed by atoms with E-state index in [-0.39, 0.29) is 5.57 Å². The van der Waals surface area contributed by atoms with E-state index >= 15 is 0 Å². The highest BCUT2D eigenvalue weighted by Gasteiger charge is 2.34. The Bertz CT molecular complexity index is 438. The van der Waals surface area contributed by atoms with Crippen molar-refractivity contribution in [2.75, 3.05) is 7.11 Å². The van der Waals surface area contributed by atoms with E-state index in [1.165, 1.54) is 7.11 Å². The summed E-state index contributed by atoms with van der Waals surface area (Å²) in [7, 11) is 1.28. The molecule has 1 heterocycles. The van der Waals surface area contributed by atoms with Crippen molar-refractivity contribution < 1.29 is 19.4 Å². The van der Waals surface area contributed by atoms with Crippen LogP contribution in [-0.2, 0) is 14.3 Å². The van der Waals surface area contributed by atoms with Crippen LogP contribution in [0.2, 0.25) is 0 Å². The highest BCUT2D eigenvalue weighted by atomic mass is 16.6. The Morgan fingerprint density at radius 1 is 1.44 bits per heavy atom. The van der Waals surface area contributed by atoms with Gasteiger partial charge in [0.2, 0.25) is 0 Å². The van der Waals surface area contributed by atoms with E-state index in [2.05, 4.69) is 11.3 Å². The molecule has 0 aromatic heterocycles. The summed E-state index contributed by atoms with van der Waals surface area (Å²) in [5.74, 6) is -0.533. The Labute approximate surface area is 93.1 Å². The molecular formula is C12H12O4. The van der Waals surface area contributed by atoms with Gasteiger partial charge in [-0.1, -0.05) is 30.8 Å². The maximum atomic E-state index is 11.3. The Kier molecular flexibility index (Phi) is 2.77. The molecule has 1 N–H and O–H groups in total.